The predicted molar refractivity (Wildman–Crippen MR) is 86.9 cm³/mol. The van der Waals surface area contributed by atoms with Gasteiger partial charge in [0.2, 0.25) is 5.91 Å². The first kappa shape index (κ1) is 15.5. The molecule has 6 heteroatoms. The molecule has 0 bridgehead atoms. The maximum absolute atomic E-state index is 12.1. The number of hydrogen-bond acceptors (Lipinski definition) is 3. The zero-order valence-corrected chi connectivity index (χ0v) is 13.0. The van der Waals surface area contributed by atoms with Crippen LogP contribution in [-0.4, -0.2) is 15.9 Å². The number of carbonyl (C=O) groups is 1. The number of anilines is 2. The molecular weight excluding hydrogens is 308 g/mol. The van der Waals surface area contributed by atoms with Crippen LogP contribution in [-0.2, 0) is 15.6 Å². The smallest absolute Gasteiger partial charge is 0.237 e. The summed E-state index contributed by atoms with van der Waals surface area (Å²) in [5, 5.41) is 2.98. The number of hydrogen-bond donors (Lipinski definition) is 2. The second-order valence-corrected chi connectivity index (χ2v) is 6.45. The maximum atomic E-state index is 12.1. The summed E-state index contributed by atoms with van der Waals surface area (Å²) < 4.78 is 12.1. The number of nitrogen functional groups attached to an aromatic ring is 1. The third-order valence-corrected chi connectivity index (χ3v) is 4.45. The van der Waals surface area contributed by atoms with E-state index < -0.39 is 10.8 Å². The number of nitrogens with two attached hydrogens (primary N) is 1. The quantitative estimate of drug-likeness (QED) is 0.850. The lowest BCUT2D eigenvalue weighted by Gasteiger charge is -2.08. The second kappa shape index (κ2) is 6.74. The minimum absolute atomic E-state index is 0.121. The number of carbonyl (C=O) groups excluding carboxylic acids is 1. The average Bonchev–Trinajstić information content (AvgIpc) is 2.42. The summed E-state index contributed by atoms with van der Waals surface area (Å²) in [5.41, 5.74) is 7.63. The molecule has 0 saturated heterocycles. The first-order valence-corrected chi connectivity index (χ1v) is 7.95. The molecular formula is C15H15ClN2O2S. The molecule has 4 nitrogen and oxygen atoms in total. The number of benzene rings is 2. The molecule has 0 fully saturated rings. The van der Waals surface area contributed by atoms with Crippen molar-refractivity contribution >= 4 is 39.7 Å². The second-order valence-electron chi connectivity index (χ2n) is 4.59. The monoisotopic (exact) mass is 322 g/mol. The topological polar surface area (TPSA) is 72.2 Å². The summed E-state index contributed by atoms with van der Waals surface area (Å²) in [7, 11) is -1.39. The van der Waals surface area contributed by atoms with Crippen molar-refractivity contribution in [2.24, 2.45) is 0 Å². The van der Waals surface area contributed by atoms with Gasteiger partial charge in [-0.25, -0.2) is 0 Å². The van der Waals surface area contributed by atoms with Crippen molar-refractivity contribution in [3.05, 3.63) is 53.1 Å². The van der Waals surface area contributed by atoms with Crippen LogP contribution in [0.3, 0.4) is 0 Å². The average molecular weight is 323 g/mol. The van der Waals surface area contributed by atoms with Gasteiger partial charge in [0.05, 0.1) is 21.5 Å². The molecule has 1 atom stereocenters. The Morgan fingerprint density at radius 1 is 1.24 bits per heavy atom. The Morgan fingerprint density at radius 3 is 2.52 bits per heavy atom. The van der Waals surface area contributed by atoms with Crippen LogP contribution in [0.4, 0.5) is 11.4 Å². The van der Waals surface area contributed by atoms with E-state index in [1.54, 1.807) is 30.3 Å². The number of rotatable bonds is 4. The van der Waals surface area contributed by atoms with Crippen LogP contribution in [0.2, 0.25) is 5.02 Å². The summed E-state index contributed by atoms with van der Waals surface area (Å²) in [6, 6.07) is 12.0. The van der Waals surface area contributed by atoms with E-state index in [2.05, 4.69) is 5.32 Å². The molecule has 2 aromatic carbocycles. The first-order chi connectivity index (χ1) is 9.95. The zero-order chi connectivity index (χ0) is 15.4. The lowest BCUT2D eigenvalue weighted by atomic mass is 10.2. The molecule has 1 unspecified atom stereocenters. The number of aryl methyl sites for hydroxylation is 1. The van der Waals surface area contributed by atoms with Gasteiger partial charge in [0.25, 0.3) is 0 Å². The van der Waals surface area contributed by atoms with Gasteiger partial charge in [-0.3, -0.25) is 9.00 Å². The van der Waals surface area contributed by atoms with Crippen molar-refractivity contribution in [3.8, 4) is 0 Å². The van der Waals surface area contributed by atoms with E-state index in [0.29, 0.717) is 21.3 Å². The molecule has 0 radical (unpaired) electrons. The standard InChI is InChI=1S/C15H15ClN2O2S/c1-10-2-5-12(6-3-10)21(20)9-15(19)18-14-7-4-11(17)8-13(14)16/h2-8H,9,17H2,1H3,(H,18,19). The molecule has 2 aromatic rings. The highest BCUT2D eigenvalue weighted by Crippen LogP contribution is 2.24. The molecule has 0 aliphatic carbocycles. The van der Waals surface area contributed by atoms with Crippen molar-refractivity contribution in [1.82, 2.24) is 0 Å². The van der Waals surface area contributed by atoms with Crippen molar-refractivity contribution in [3.63, 3.8) is 0 Å². The Morgan fingerprint density at radius 2 is 1.90 bits per heavy atom. The third kappa shape index (κ3) is 4.31. The Kier molecular flexibility index (Phi) is 4.98. The minimum atomic E-state index is -1.39. The highest BCUT2D eigenvalue weighted by molar-refractivity contribution is 7.85. The molecule has 0 aliphatic heterocycles. The molecule has 21 heavy (non-hydrogen) atoms. The van der Waals surface area contributed by atoms with E-state index in [-0.39, 0.29) is 11.7 Å². The summed E-state index contributed by atoms with van der Waals surface area (Å²) >= 11 is 5.97. The van der Waals surface area contributed by atoms with Gasteiger partial charge in [-0.2, -0.15) is 0 Å². The Bertz CT molecular complexity index is 687. The molecule has 1 amide bonds. The van der Waals surface area contributed by atoms with Gasteiger partial charge in [0.15, 0.2) is 0 Å². The van der Waals surface area contributed by atoms with E-state index in [1.165, 1.54) is 0 Å². The van der Waals surface area contributed by atoms with Crippen molar-refractivity contribution in [2.45, 2.75) is 11.8 Å². The maximum Gasteiger partial charge on any atom is 0.237 e. The van der Waals surface area contributed by atoms with Crippen LogP contribution < -0.4 is 11.1 Å². The Labute approximate surface area is 130 Å². The first-order valence-electron chi connectivity index (χ1n) is 6.25. The molecule has 110 valence electrons. The number of halogens is 1. The highest BCUT2D eigenvalue weighted by Gasteiger charge is 2.12. The SMILES string of the molecule is Cc1ccc(S(=O)CC(=O)Nc2ccc(N)cc2Cl)cc1. The van der Waals surface area contributed by atoms with Crippen LogP contribution in [0.25, 0.3) is 0 Å². The molecule has 0 saturated carbocycles. The molecule has 0 spiro atoms. The van der Waals surface area contributed by atoms with E-state index in [4.69, 9.17) is 17.3 Å². The highest BCUT2D eigenvalue weighted by atomic mass is 35.5. The largest absolute Gasteiger partial charge is 0.399 e. The molecule has 2 rings (SSSR count). The van der Waals surface area contributed by atoms with Gasteiger partial charge >= 0.3 is 0 Å². The molecule has 0 aliphatic rings. The summed E-state index contributed by atoms with van der Waals surface area (Å²) in [6.45, 7) is 1.95. The fourth-order valence-electron chi connectivity index (χ4n) is 1.71. The van der Waals surface area contributed by atoms with Gasteiger partial charge in [0.1, 0.15) is 5.75 Å². The fraction of sp³-hybridized carbons (Fsp3) is 0.133. The lowest BCUT2D eigenvalue weighted by Crippen LogP contribution is -2.19. The molecule has 0 aromatic heterocycles. The summed E-state index contributed by atoms with van der Waals surface area (Å²) in [5.74, 6) is -0.482. The van der Waals surface area contributed by atoms with E-state index in [0.717, 1.165) is 5.56 Å². The van der Waals surface area contributed by atoms with E-state index in [9.17, 15) is 9.00 Å². The van der Waals surface area contributed by atoms with E-state index in [1.807, 2.05) is 19.1 Å². The van der Waals surface area contributed by atoms with Crippen LogP contribution in [0.15, 0.2) is 47.4 Å². The normalized spacial score (nSPS) is 11.9. The number of nitrogens with one attached hydrogen (secondary N) is 1. The van der Waals surface area contributed by atoms with E-state index >= 15 is 0 Å². The van der Waals surface area contributed by atoms with Gasteiger partial charge in [-0.05, 0) is 37.3 Å². The van der Waals surface area contributed by atoms with Gasteiger partial charge in [0, 0.05) is 10.6 Å². The molecule has 3 N–H and O–H groups in total. The summed E-state index contributed by atoms with van der Waals surface area (Å²) in [6.07, 6.45) is 0. The van der Waals surface area contributed by atoms with Crippen molar-refractivity contribution in [1.29, 1.82) is 0 Å². The zero-order valence-electron chi connectivity index (χ0n) is 11.4. The van der Waals surface area contributed by atoms with Crippen LogP contribution in [0, 0.1) is 6.92 Å². The van der Waals surface area contributed by atoms with Crippen molar-refractivity contribution in [2.75, 3.05) is 16.8 Å². The Balaban J connectivity index is 2.01. The van der Waals surface area contributed by atoms with Gasteiger partial charge < -0.3 is 11.1 Å². The van der Waals surface area contributed by atoms with Crippen LogP contribution >= 0.6 is 11.6 Å². The third-order valence-electron chi connectivity index (χ3n) is 2.81. The van der Waals surface area contributed by atoms with Gasteiger partial charge in [-0.1, -0.05) is 29.3 Å². The number of amides is 1. The molecule has 0 heterocycles. The van der Waals surface area contributed by atoms with Crippen LogP contribution in [0.1, 0.15) is 5.56 Å². The predicted octanol–water partition coefficient (Wildman–Crippen LogP) is 2.98. The minimum Gasteiger partial charge on any atom is -0.399 e. The van der Waals surface area contributed by atoms with Crippen LogP contribution in [0.5, 0.6) is 0 Å². The van der Waals surface area contributed by atoms with Gasteiger partial charge in [-0.15, -0.1) is 0 Å². The van der Waals surface area contributed by atoms with Crippen molar-refractivity contribution < 1.29 is 9.00 Å². The fourth-order valence-corrected chi connectivity index (χ4v) is 2.86. The Hall–Kier alpha value is -1.85. The summed E-state index contributed by atoms with van der Waals surface area (Å²) in [4.78, 5) is 12.5. The lowest BCUT2D eigenvalue weighted by molar-refractivity contribution is -0.113.